The normalized spacial score (nSPS) is 17.6. The Kier molecular flexibility index (Phi) is 12.0. The number of hydrogen-bond donors (Lipinski definition) is 3. The van der Waals surface area contributed by atoms with Crippen LogP contribution in [0.2, 0.25) is 0 Å². The van der Waals surface area contributed by atoms with Gasteiger partial charge in [-0.3, -0.25) is 4.90 Å². The predicted molar refractivity (Wildman–Crippen MR) is 159 cm³/mol. The third-order valence-electron chi connectivity index (χ3n) is 7.61. The van der Waals surface area contributed by atoms with E-state index in [1.54, 1.807) is 14.0 Å². The van der Waals surface area contributed by atoms with E-state index >= 15 is 0 Å². The molecule has 12 heteroatoms. The number of aromatic hydroxyl groups is 1. The number of aliphatic hydroxyl groups excluding tert-OH is 1. The molecule has 1 aliphatic rings. The summed E-state index contributed by atoms with van der Waals surface area (Å²) in [5.41, 5.74) is 11.3. The second-order valence-electron chi connectivity index (χ2n) is 10.3. The molecule has 0 fully saturated rings. The molecule has 1 aliphatic heterocycles. The van der Waals surface area contributed by atoms with Gasteiger partial charge in [-0.15, -0.1) is 0 Å². The number of benzene rings is 2. The van der Waals surface area contributed by atoms with Gasteiger partial charge in [-0.2, -0.15) is 0 Å². The van der Waals surface area contributed by atoms with Gasteiger partial charge in [0.25, 0.3) is 0 Å². The van der Waals surface area contributed by atoms with Gasteiger partial charge in [0.15, 0.2) is 18.3 Å². The lowest BCUT2D eigenvalue weighted by Gasteiger charge is -2.46. The van der Waals surface area contributed by atoms with E-state index in [9.17, 15) is 15.0 Å². The van der Waals surface area contributed by atoms with Crippen LogP contribution in [0.5, 0.6) is 23.0 Å². The van der Waals surface area contributed by atoms with Crippen LogP contribution in [0, 0.1) is 20.8 Å². The Balaban J connectivity index is 2.34. The van der Waals surface area contributed by atoms with Crippen LogP contribution in [0.4, 0.5) is 4.79 Å². The van der Waals surface area contributed by atoms with Gasteiger partial charge >= 0.3 is 6.09 Å². The Morgan fingerprint density at radius 2 is 1.74 bits per heavy atom. The van der Waals surface area contributed by atoms with E-state index in [-0.39, 0.29) is 38.3 Å². The molecule has 2 aromatic carbocycles. The average Bonchev–Trinajstić information content (AvgIpc) is 2.98. The number of aryl methyl sites for hydroxylation is 1. The van der Waals surface area contributed by atoms with Crippen LogP contribution in [0.1, 0.15) is 45.5 Å². The number of nitrogens with zero attached hydrogens (tertiary/aromatic N) is 1. The summed E-state index contributed by atoms with van der Waals surface area (Å²) in [6.07, 6.45) is 0.125. The molecule has 1 heterocycles. The minimum Gasteiger partial charge on any atom is -0.504 e. The predicted octanol–water partition coefficient (Wildman–Crippen LogP) is 3.59. The number of carbonyl (C=O) groups is 1. The summed E-state index contributed by atoms with van der Waals surface area (Å²) in [6, 6.07) is 0.883. The van der Waals surface area contributed by atoms with Gasteiger partial charge < -0.3 is 49.1 Å². The van der Waals surface area contributed by atoms with Crippen molar-refractivity contribution in [1.29, 1.82) is 0 Å². The second-order valence-corrected chi connectivity index (χ2v) is 10.3. The van der Waals surface area contributed by atoms with Crippen molar-refractivity contribution in [2.75, 3.05) is 55.2 Å². The van der Waals surface area contributed by atoms with Gasteiger partial charge in [0, 0.05) is 25.3 Å². The van der Waals surface area contributed by atoms with Crippen LogP contribution in [-0.4, -0.2) is 88.5 Å². The van der Waals surface area contributed by atoms with Crippen molar-refractivity contribution in [2.24, 2.45) is 5.73 Å². The second kappa shape index (κ2) is 15.3. The smallest absolute Gasteiger partial charge is 0.410 e. The standard InChI is InChI=1S/C31H44N2O10/c1-9-10-41-31(36)33-21(14-34)12-20-11-17(2)27(39-7)18(3)24(20)26(33)25(32)30(43-16-38-6)22-13-23(35)29(40-8)19(4)28(22)42-15-37-5/h9,11,13,21,25-26,30,34-35H,1,10,12,14-16,32H2,2-8H3/t21-,25+,26+,30+/m0/s1. The fraction of sp³-hybridized carbons (Fsp3) is 0.516. The summed E-state index contributed by atoms with van der Waals surface area (Å²) in [5, 5.41) is 21.4. The maximum atomic E-state index is 13.7. The monoisotopic (exact) mass is 604 g/mol. The van der Waals surface area contributed by atoms with Crippen LogP contribution in [0.3, 0.4) is 0 Å². The number of hydrogen-bond acceptors (Lipinski definition) is 11. The molecule has 0 spiro atoms. The third-order valence-corrected chi connectivity index (χ3v) is 7.61. The maximum absolute atomic E-state index is 13.7. The summed E-state index contributed by atoms with van der Waals surface area (Å²) in [6.45, 7) is 8.54. The molecule has 1 amide bonds. The highest BCUT2D eigenvalue weighted by Gasteiger charge is 2.46. The molecule has 0 radical (unpaired) electrons. The number of amides is 1. The molecule has 0 saturated heterocycles. The molecule has 0 aliphatic carbocycles. The summed E-state index contributed by atoms with van der Waals surface area (Å²) < 4.78 is 39.3. The van der Waals surface area contributed by atoms with Crippen molar-refractivity contribution < 1.29 is 48.2 Å². The number of phenols is 1. The first kappa shape index (κ1) is 33.9. The molecular weight excluding hydrogens is 560 g/mol. The number of methoxy groups -OCH3 is 4. The molecule has 0 saturated carbocycles. The van der Waals surface area contributed by atoms with Crippen LogP contribution in [-0.2, 0) is 25.4 Å². The number of carbonyl (C=O) groups excluding carboxylic acids is 1. The maximum Gasteiger partial charge on any atom is 0.410 e. The summed E-state index contributed by atoms with van der Waals surface area (Å²) in [7, 11) is 5.97. The molecular formula is C31H44N2O10. The fourth-order valence-electron chi connectivity index (χ4n) is 5.96. The van der Waals surface area contributed by atoms with Crippen molar-refractivity contribution in [3.8, 4) is 23.0 Å². The molecule has 0 aromatic heterocycles. The SMILES string of the molecule is C=CCOC(=O)N1[C@H](CO)Cc2cc(C)c(OC)c(C)c2[C@@H]1[C@@H](N)[C@H](OCOC)c1cc(O)c(OC)c(C)c1OCOC. The van der Waals surface area contributed by atoms with Gasteiger partial charge in [-0.25, -0.2) is 4.79 Å². The number of aliphatic hydroxyl groups is 1. The van der Waals surface area contributed by atoms with Crippen LogP contribution < -0.4 is 19.9 Å². The zero-order chi connectivity index (χ0) is 31.8. The van der Waals surface area contributed by atoms with E-state index in [2.05, 4.69) is 6.58 Å². The summed E-state index contributed by atoms with van der Waals surface area (Å²) in [4.78, 5) is 15.1. The van der Waals surface area contributed by atoms with Gasteiger partial charge in [0.1, 0.15) is 31.0 Å². The Morgan fingerprint density at radius 3 is 2.33 bits per heavy atom. The number of fused-ring (bicyclic) bond motifs is 1. The van der Waals surface area contributed by atoms with Gasteiger partial charge in [-0.05, 0) is 55.5 Å². The molecule has 43 heavy (non-hydrogen) atoms. The van der Waals surface area contributed by atoms with Gasteiger partial charge in [-0.1, -0.05) is 18.7 Å². The molecule has 2 aromatic rings. The third kappa shape index (κ3) is 6.84. The number of rotatable bonds is 14. The first-order valence-electron chi connectivity index (χ1n) is 13.8. The number of phenolic OH excluding ortho intramolecular Hbond substituents is 1. The zero-order valence-electron chi connectivity index (χ0n) is 26.0. The lowest BCUT2D eigenvalue weighted by molar-refractivity contribution is -0.0940. The molecule has 4 N–H and O–H groups in total. The van der Waals surface area contributed by atoms with Gasteiger partial charge in [0.2, 0.25) is 0 Å². The summed E-state index contributed by atoms with van der Waals surface area (Å²) >= 11 is 0. The van der Waals surface area contributed by atoms with Crippen molar-refractivity contribution in [2.45, 2.75) is 51.4 Å². The lowest BCUT2D eigenvalue weighted by Crippen LogP contribution is -2.56. The highest BCUT2D eigenvalue weighted by molar-refractivity contribution is 5.71. The molecule has 238 valence electrons. The van der Waals surface area contributed by atoms with E-state index in [1.165, 1.54) is 38.4 Å². The average molecular weight is 605 g/mol. The Morgan fingerprint density at radius 1 is 1.07 bits per heavy atom. The number of nitrogens with two attached hydrogens (primary N) is 1. The van der Waals surface area contributed by atoms with Gasteiger partial charge in [0.05, 0.1) is 39.0 Å². The van der Waals surface area contributed by atoms with E-state index in [0.717, 1.165) is 22.3 Å². The Hall–Kier alpha value is -3.55. The highest BCUT2D eigenvalue weighted by atomic mass is 16.7. The molecule has 0 bridgehead atoms. The molecule has 4 atom stereocenters. The number of ether oxygens (including phenoxy) is 7. The van der Waals surface area contributed by atoms with Crippen LogP contribution >= 0.6 is 0 Å². The lowest BCUT2D eigenvalue weighted by atomic mass is 9.79. The van der Waals surface area contributed by atoms with E-state index in [1.807, 2.05) is 19.9 Å². The minimum absolute atomic E-state index is 0.0390. The topological polar surface area (TPSA) is 151 Å². The Labute approximate surface area is 252 Å². The molecule has 3 rings (SSSR count). The van der Waals surface area contributed by atoms with Crippen molar-refractivity contribution in [1.82, 2.24) is 4.90 Å². The molecule has 0 unspecified atom stereocenters. The first-order chi connectivity index (χ1) is 20.6. The van der Waals surface area contributed by atoms with E-state index in [4.69, 9.17) is 38.9 Å². The van der Waals surface area contributed by atoms with Crippen molar-refractivity contribution in [3.05, 3.63) is 58.2 Å². The van der Waals surface area contributed by atoms with Crippen molar-refractivity contribution >= 4 is 6.09 Å². The fourth-order valence-corrected chi connectivity index (χ4v) is 5.96. The van der Waals surface area contributed by atoms with E-state index < -0.39 is 30.3 Å². The zero-order valence-corrected chi connectivity index (χ0v) is 26.0. The van der Waals surface area contributed by atoms with Crippen LogP contribution in [0.15, 0.2) is 24.8 Å². The van der Waals surface area contributed by atoms with Crippen molar-refractivity contribution in [3.63, 3.8) is 0 Å². The first-order valence-corrected chi connectivity index (χ1v) is 13.8. The minimum atomic E-state index is -1.01. The summed E-state index contributed by atoms with van der Waals surface area (Å²) in [5.74, 6) is 1.02. The van der Waals surface area contributed by atoms with Crippen LogP contribution in [0.25, 0.3) is 0 Å². The molecule has 12 nitrogen and oxygen atoms in total. The highest BCUT2D eigenvalue weighted by Crippen LogP contribution is 2.48. The van der Waals surface area contributed by atoms with E-state index in [0.29, 0.717) is 29.0 Å². The quantitative estimate of drug-likeness (QED) is 0.214. The Bertz CT molecular complexity index is 1280. The largest absolute Gasteiger partial charge is 0.504 e.